The standard InChI is InChI=1S/C11H16N2O4S/c1-8-6-9(3-5-17-8)13-18(15,16)11-7-12-4-2-10(11)14/h2,4,7-9,13H,3,5-6H2,1H3,(H,12,14). The molecule has 1 aromatic heterocycles. The second-order valence-corrected chi connectivity index (χ2v) is 6.08. The Morgan fingerprint density at radius 2 is 2.28 bits per heavy atom. The van der Waals surface area contributed by atoms with Crippen molar-refractivity contribution >= 4 is 10.0 Å². The highest BCUT2D eigenvalue weighted by molar-refractivity contribution is 7.89. The van der Waals surface area contributed by atoms with Crippen molar-refractivity contribution < 1.29 is 13.2 Å². The Bertz CT molecular complexity index is 566. The van der Waals surface area contributed by atoms with Gasteiger partial charge in [0.25, 0.3) is 0 Å². The monoisotopic (exact) mass is 272 g/mol. The quantitative estimate of drug-likeness (QED) is 0.824. The van der Waals surface area contributed by atoms with E-state index in [9.17, 15) is 13.2 Å². The molecule has 1 saturated heterocycles. The van der Waals surface area contributed by atoms with E-state index in [1.165, 1.54) is 18.5 Å². The van der Waals surface area contributed by atoms with Gasteiger partial charge in [-0.2, -0.15) is 0 Å². The van der Waals surface area contributed by atoms with Gasteiger partial charge in [-0.15, -0.1) is 0 Å². The van der Waals surface area contributed by atoms with Gasteiger partial charge in [-0.3, -0.25) is 4.79 Å². The Labute approximate surface area is 105 Å². The van der Waals surface area contributed by atoms with Gasteiger partial charge in [0.05, 0.1) is 6.10 Å². The molecule has 0 spiro atoms. The highest BCUT2D eigenvalue weighted by Gasteiger charge is 2.26. The summed E-state index contributed by atoms with van der Waals surface area (Å²) in [6.07, 6.45) is 3.87. The van der Waals surface area contributed by atoms with Crippen LogP contribution in [-0.2, 0) is 14.8 Å². The topological polar surface area (TPSA) is 88.3 Å². The summed E-state index contributed by atoms with van der Waals surface area (Å²) < 4.78 is 32.0. The molecule has 0 bridgehead atoms. The number of pyridine rings is 1. The van der Waals surface area contributed by atoms with E-state index in [2.05, 4.69) is 9.71 Å². The van der Waals surface area contributed by atoms with E-state index in [0.717, 1.165) is 0 Å². The first-order valence-corrected chi connectivity index (χ1v) is 7.28. The summed E-state index contributed by atoms with van der Waals surface area (Å²) in [4.78, 5) is 13.9. The maximum Gasteiger partial charge on any atom is 0.246 e. The molecule has 7 heteroatoms. The average Bonchev–Trinajstić information content (AvgIpc) is 2.28. The number of nitrogens with one attached hydrogen (secondary N) is 2. The van der Waals surface area contributed by atoms with Gasteiger partial charge in [-0.1, -0.05) is 0 Å². The first-order valence-electron chi connectivity index (χ1n) is 5.80. The maximum absolute atomic E-state index is 12.1. The molecule has 0 radical (unpaired) electrons. The largest absolute Gasteiger partial charge is 0.378 e. The fourth-order valence-corrected chi connectivity index (χ4v) is 3.33. The van der Waals surface area contributed by atoms with Crippen LogP contribution >= 0.6 is 0 Å². The zero-order valence-electron chi connectivity index (χ0n) is 10.0. The van der Waals surface area contributed by atoms with E-state index in [4.69, 9.17) is 4.74 Å². The smallest absolute Gasteiger partial charge is 0.246 e. The van der Waals surface area contributed by atoms with Gasteiger partial charge in [0.15, 0.2) is 0 Å². The fourth-order valence-electron chi connectivity index (χ4n) is 2.00. The minimum atomic E-state index is -3.76. The first-order chi connectivity index (χ1) is 8.49. The molecule has 1 aliphatic rings. The highest BCUT2D eigenvalue weighted by atomic mass is 32.2. The zero-order valence-corrected chi connectivity index (χ0v) is 10.9. The Hall–Kier alpha value is -1.18. The molecule has 1 aliphatic heterocycles. The zero-order chi connectivity index (χ0) is 13.2. The molecule has 2 rings (SSSR count). The van der Waals surface area contributed by atoms with Crippen molar-refractivity contribution in [3.05, 3.63) is 28.7 Å². The summed E-state index contributed by atoms with van der Waals surface area (Å²) in [5.41, 5.74) is -0.513. The lowest BCUT2D eigenvalue weighted by molar-refractivity contribution is 0.0173. The van der Waals surface area contributed by atoms with Crippen LogP contribution in [0.5, 0.6) is 0 Å². The number of rotatable bonds is 3. The van der Waals surface area contributed by atoms with E-state index in [-0.39, 0.29) is 17.0 Å². The van der Waals surface area contributed by atoms with Crippen molar-refractivity contribution in [3.63, 3.8) is 0 Å². The van der Waals surface area contributed by atoms with Crippen molar-refractivity contribution in [1.29, 1.82) is 0 Å². The highest BCUT2D eigenvalue weighted by Crippen LogP contribution is 2.15. The summed E-state index contributed by atoms with van der Waals surface area (Å²) in [6.45, 7) is 2.43. The number of ether oxygens (including phenoxy) is 1. The van der Waals surface area contributed by atoms with Gasteiger partial charge in [0, 0.05) is 31.1 Å². The molecule has 2 unspecified atom stereocenters. The SMILES string of the molecule is CC1CC(NS(=O)(=O)c2c[nH]ccc2=O)CCO1. The average molecular weight is 272 g/mol. The molecule has 1 fully saturated rings. The van der Waals surface area contributed by atoms with Gasteiger partial charge in [-0.25, -0.2) is 13.1 Å². The fraction of sp³-hybridized carbons (Fsp3) is 0.545. The van der Waals surface area contributed by atoms with Gasteiger partial charge in [-0.05, 0) is 19.8 Å². The predicted octanol–water partition coefficient (Wildman–Crippen LogP) is 0.221. The second-order valence-electron chi connectivity index (χ2n) is 4.40. The van der Waals surface area contributed by atoms with Crippen LogP contribution in [0.1, 0.15) is 19.8 Å². The molecule has 0 aliphatic carbocycles. The Balaban J connectivity index is 2.17. The summed E-state index contributed by atoms with van der Waals surface area (Å²) in [5.74, 6) is 0. The lowest BCUT2D eigenvalue weighted by Gasteiger charge is -2.27. The molecule has 2 heterocycles. The third-order valence-corrected chi connectivity index (χ3v) is 4.43. The lowest BCUT2D eigenvalue weighted by Crippen LogP contribution is -2.42. The van der Waals surface area contributed by atoms with Crippen LogP contribution in [0.15, 0.2) is 28.2 Å². The summed E-state index contributed by atoms with van der Waals surface area (Å²) in [5, 5.41) is 0. The summed E-state index contributed by atoms with van der Waals surface area (Å²) >= 11 is 0. The van der Waals surface area contributed by atoms with E-state index < -0.39 is 15.5 Å². The number of aromatic nitrogens is 1. The molecule has 2 atom stereocenters. The van der Waals surface area contributed by atoms with E-state index >= 15 is 0 Å². The van der Waals surface area contributed by atoms with Crippen molar-refractivity contribution in [3.8, 4) is 0 Å². The maximum atomic E-state index is 12.1. The van der Waals surface area contributed by atoms with Crippen LogP contribution in [0.4, 0.5) is 0 Å². The molecule has 2 N–H and O–H groups in total. The van der Waals surface area contributed by atoms with Gasteiger partial charge >= 0.3 is 0 Å². The van der Waals surface area contributed by atoms with Crippen molar-refractivity contribution in [2.45, 2.75) is 36.8 Å². The van der Waals surface area contributed by atoms with Crippen molar-refractivity contribution in [1.82, 2.24) is 9.71 Å². The van der Waals surface area contributed by atoms with E-state index in [1.54, 1.807) is 0 Å². The van der Waals surface area contributed by atoms with Gasteiger partial charge in [0.2, 0.25) is 15.5 Å². The van der Waals surface area contributed by atoms with Crippen LogP contribution in [0, 0.1) is 0 Å². The molecule has 100 valence electrons. The van der Waals surface area contributed by atoms with Crippen LogP contribution in [0.3, 0.4) is 0 Å². The third-order valence-electron chi connectivity index (χ3n) is 2.88. The molecule has 6 nitrogen and oxygen atoms in total. The van der Waals surface area contributed by atoms with Crippen molar-refractivity contribution in [2.24, 2.45) is 0 Å². The van der Waals surface area contributed by atoms with Crippen LogP contribution in [0.2, 0.25) is 0 Å². The molecular formula is C11H16N2O4S. The molecule has 0 saturated carbocycles. The molecule has 0 amide bonds. The number of aromatic amines is 1. The number of hydrogen-bond acceptors (Lipinski definition) is 4. The van der Waals surface area contributed by atoms with E-state index in [1.807, 2.05) is 6.92 Å². The summed E-state index contributed by atoms with van der Waals surface area (Å²) in [7, 11) is -3.76. The first kappa shape index (κ1) is 13.3. The Kier molecular flexibility index (Phi) is 3.84. The summed E-state index contributed by atoms with van der Waals surface area (Å²) in [6, 6.07) is 1.01. The number of hydrogen-bond donors (Lipinski definition) is 2. The normalized spacial score (nSPS) is 24.9. The minimum Gasteiger partial charge on any atom is -0.378 e. The molecule has 18 heavy (non-hydrogen) atoms. The van der Waals surface area contributed by atoms with Crippen molar-refractivity contribution in [2.75, 3.05) is 6.61 Å². The van der Waals surface area contributed by atoms with E-state index in [0.29, 0.717) is 19.4 Å². The van der Waals surface area contributed by atoms with Gasteiger partial charge < -0.3 is 9.72 Å². The second kappa shape index (κ2) is 5.21. The third kappa shape index (κ3) is 2.98. The van der Waals surface area contributed by atoms with Crippen LogP contribution in [0.25, 0.3) is 0 Å². The molecule has 1 aromatic rings. The van der Waals surface area contributed by atoms with Crippen LogP contribution in [-0.4, -0.2) is 32.2 Å². The molecule has 0 aromatic carbocycles. The number of H-pyrrole nitrogens is 1. The molecular weight excluding hydrogens is 256 g/mol. The minimum absolute atomic E-state index is 0.0282. The number of sulfonamides is 1. The van der Waals surface area contributed by atoms with Crippen LogP contribution < -0.4 is 10.2 Å². The van der Waals surface area contributed by atoms with Gasteiger partial charge in [0.1, 0.15) is 4.90 Å². The Morgan fingerprint density at radius 3 is 2.94 bits per heavy atom. The lowest BCUT2D eigenvalue weighted by atomic mass is 10.1. The predicted molar refractivity (Wildman–Crippen MR) is 65.8 cm³/mol. The Morgan fingerprint density at radius 1 is 1.50 bits per heavy atom.